The number of nitrogens with one attached hydrogen (secondary N) is 1. The number of nitrogens with zero attached hydrogens (tertiary/aromatic N) is 2. The second-order valence-corrected chi connectivity index (χ2v) is 7.02. The standard InChI is InChI=1S/C23H27N3O4/c1-3-5-9-15-24-21(27)18-13-10-14-19-20(18)22(28)25(26(19)23(29)30-4-2)16-17-11-7-6-8-12-17/h6-8,10-14H,3-5,9,15-16H2,1-2H3,(H,24,27). The van der Waals surface area contributed by atoms with Gasteiger partial charge in [0.2, 0.25) is 0 Å². The normalized spacial score (nSPS) is 10.9. The molecule has 1 heterocycles. The highest BCUT2D eigenvalue weighted by Crippen LogP contribution is 2.18. The van der Waals surface area contributed by atoms with E-state index < -0.39 is 11.7 Å². The van der Waals surface area contributed by atoms with Crippen LogP contribution in [0.5, 0.6) is 0 Å². The van der Waals surface area contributed by atoms with Crippen LogP contribution < -0.4 is 10.9 Å². The molecule has 0 saturated carbocycles. The Hall–Kier alpha value is -3.35. The molecule has 0 unspecified atom stereocenters. The molecule has 2 aromatic carbocycles. The number of unbranched alkanes of at least 4 members (excludes halogenated alkanes) is 2. The van der Waals surface area contributed by atoms with E-state index in [0.717, 1.165) is 24.8 Å². The van der Waals surface area contributed by atoms with E-state index in [1.54, 1.807) is 25.1 Å². The SMILES string of the molecule is CCCCCNC(=O)c1cccc2c1c(=O)n(Cc1ccccc1)n2C(=O)OCC. The zero-order chi connectivity index (χ0) is 21.5. The van der Waals surface area contributed by atoms with Gasteiger partial charge in [-0.25, -0.2) is 9.48 Å². The molecule has 0 atom stereocenters. The maximum absolute atomic E-state index is 13.3. The van der Waals surface area contributed by atoms with Crippen LogP contribution in [-0.4, -0.2) is 34.5 Å². The van der Waals surface area contributed by atoms with Crippen molar-refractivity contribution in [1.29, 1.82) is 0 Å². The van der Waals surface area contributed by atoms with Crippen molar-refractivity contribution in [3.63, 3.8) is 0 Å². The first kappa shape index (κ1) is 21.4. The molecule has 0 bridgehead atoms. The Morgan fingerprint density at radius 2 is 1.77 bits per heavy atom. The fourth-order valence-electron chi connectivity index (χ4n) is 3.43. The molecule has 0 fully saturated rings. The van der Waals surface area contributed by atoms with E-state index in [-0.39, 0.29) is 30.0 Å². The second kappa shape index (κ2) is 9.91. The number of carbonyl (C=O) groups excluding carboxylic acids is 2. The number of amides is 1. The van der Waals surface area contributed by atoms with Crippen LogP contribution in [0.2, 0.25) is 0 Å². The number of fused-ring (bicyclic) bond motifs is 1. The van der Waals surface area contributed by atoms with E-state index in [0.29, 0.717) is 12.1 Å². The molecule has 0 aliphatic carbocycles. The maximum atomic E-state index is 13.3. The molecular formula is C23H27N3O4. The number of aromatic nitrogens is 2. The topological polar surface area (TPSA) is 82.3 Å². The number of hydrogen-bond acceptors (Lipinski definition) is 4. The number of hydrogen-bond donors (Lipinski definition) is 1. The van der Waals surface area contributed by atoms with Crippen LogP contribution in [0.1, 0.15) is 49.0 Å². The summed E-state index contributed by atoms with van der Waals surface area (Å²) in [6, 6.07) is 14.3. The number of carbonyl (C=O) groups is 2. The minimum absolute atomic E-state index is 0.176. The molecule has 1 N–H and O–H groups in total. The summed E-state index contributed by atoms with van der Waals surface area (Å²) in [5.74, 6) is -0.318. The quantitative estimate of drug-likeness (QED) is 0.574. The first-order valence-corrected chi connectivity index (χ1v) is 10.3. The van der Waals surface area contributed by atoms with Crippen LogP contribution in [-0.2, 0) is 11.3 Å². The lowest BCUT2D eigenvalue weighted by atomic mass is 10.1. The van der Waals surface area contributed by atoms with Crippen LogP contribution in [0.15, 0.2) is 53.3 Å². The Kier molecular flexibility index (Phi) is 7.06. The van der Waals surface area contributed by atoms with Gasteiger partial charge in [-0.2, -0.15) is 4.68 Å². The second-order valence-electron chi connectivity index (χ2n) is 7.02. The molecule has 0 spiro atoms. The van der Waals surface area contributed by atoms with Crippen LogP contribution in [0.25, 0.3) is 10.9 Å². The number of benzene rings is 2. The number of ether oxygens (including phenoxy) is 1. The molecule has 0 aliphatic heterocycles. The van der Waals surface area contributed by atoms with Crippen LogP contribution in [0.3, 0.4) is 0 Å². The average Bonchev–Trinajstić information content (AvgIpc) is 3.04. The smallest absolute Gasteiger partial charge is 0.433 e. The van der Waals surface area contributed by atoms with Gasteiger partial charge in [-0.15, -0.1) is 0 Å². The predicted molar refractivity (Wildman–Crippen MR) is 116 cm³/mol. The van der Waals surface area contributed by atoms with Crippen molar-refractivity contribution >= 4 is 22.9 Å². The molecule has 7 heteroatoms. The Labute approximate surface area is 175 Å². The van der Waals surface area contributed by atoms with Gasteiger partial charge in [0.1, 0.15) is 0 Å². The van der Waals surface area contributed by atoms with Gasteiger partial charge in [-0.1, -0.05) is 56.2 Å². The fourth-order valence-corrected chi connectivity index (χ4v) is 3.43. The molecule has 0 radical (unpaired) electrons. The highest BCUT2D eigenvalue weighted by molar-refractivity contribution is 6.07. The summed E-state index contributed by atoms with van der Waals surface area (Å²) >= 11 is 0. The van der Waals surface area contributed by atoms with Crippen molar-refractivity contribution in [1.82, 2.24) is 14.7 Å². The zero-order valence-corrected chi connectivity index (χ0v) is 17.4. The van der Waals surface area contributed by atoms with Crippen molar-refractivity contribution in [2.75, 3.05) is 13.2 Å². The first-order valence-electron chi connectivity index (χ1n) is 10.3. The van der Waals surface area contributed by atoms with Crippen molar-refractivity contribution in [3.05, 3.63) is 70.0 Å². The van der Waals surface area contributed by atoms with Crippen molar-refractivity contribution in [3.8, 4) is 0 Å². The molecule has 0 aliphatic rings. The maximum Gasteiger partial charge on any atom is 0.433 e. The minimum Gasteiger partial charge on any atom is -0.448 e. The van der Waals surface area contributed by atoms with Gasteiger partial charge in [0.05, 0.1) is 29.6 Å². The van der Waals surface area contributed by atoms with Gasteiger partial charge < -0.3 is 10.1 Å². The zero-order valence-electron chi connectivity index (χ0n) is 17.4. The molecule has 30 heavy (non-hydrogen) atoms. The molecular weight excluding hydrogens is 382 g/mol. The fraction of sp³-hybridized carbons (Fsp3) is 0.348. The highest BCUT2D eigenvalue weighted by atomic mass is 16.6. The lowest BCUT2D eigenvalue weighted by Crippen LogP contribution is -2.29. The van der Waals surface area contributed by atoms with Crippen LogP contribution >= 0.6 is 0 Å². The summed E-state index contributed by atoms with van der Waals surface area (Å²) in [4.78, 5) is 38.8. The van der Waals surface area contributed by atoms with Gasteiger partial charge in [0, 0.05) is 6.54 Å². The monoisotopic (exact) mass is 409 g/mol. The van der Waals surface area contributed by atoms with Crippen LogP contribution in [0.4, 0.5) is 4.79 Å². The third-order valence-electron chi connectivity index (χ3n) is 4.89. The van der Waals surface area contributed by atoms with E-state index in [1.807, 2.05) is 30.3 Å². The average molecular weight is 409 g/mol. The van der Waals surface area contributed by atoms with Crippen LogP contribution in [0, 0.1) is 0 Å². The molecule has 3 rings (SSSR count). The predicted octanol–water partition coefficient (Wildman–Crippen LogP) is 3.78. The van der Waals surface area contributed by atoms with Crippen molar-refractivity contribution in [2.24, 2.45) is 0 Å². The van der Waals surface area contributed by atoms with Gasteiger partial charge >= 0.3 is 6.09 Å². The van der Waals surface area contributed by atoms with Gasteiger partial charge in [0.25, 0.3) is 11.5 Å². The molecule has 3 aromatic rings. The van der Waals surface area contributed by atoms with Gasteiger partial charge in [-0.05, 0) is 31.0 Å². The summed E-state index contributed by atoms with van der Waals surface area (Å²) in [6.07, 6.45) is 2.30. The Bertz CT molecular complexity index is 1080. The summed E-state index contributed by atoms with van der Waals surface area (Å²) in [5, 5.41) is 3.09. The minimum atomic E-state index is -0.652. The van der Waals surface area contributed by atoms with Crippen molar-refractivity contribution < 1.29 is 14.3 Å². The highest BCUT2D eigenvalue weighted by Gasteiger charge is 2.23. The van der Waals surface area contributed by atoms with E-state index in [9.17, 15) is 14.4 Å². The molecule has 158 valence electrons. The van der Waals surface area contributed by atoms with Crippen molar-refractivity contribution in [2.45, 2.75) is 39.7 Å². The Balaban J connectivity index is 2.09. The molecule has 1 aromatic heterocycles. The van der Waals surface area contributed by atoms with E-state index >= 15 is 0 Å². The third-order valence-corrected chi connectivity index (χ3v) is 4.89. The van der Waals surface area contributed by atoms with E-state index in [2.05, 4.69) is 12.2 Å². The molecule has 0 saturated heterocycles. The third kappa shape index (κ3) is 4.45. The van der Waals surface area contributed by atoms with Gasteiger partial charge in [-0.3, -0.25) is 9.59 Å². The lowest BCUT2D eigenvalue weighted by molar-refractivity contribution is 0.0954. The lowest BCUT2D eigenvalue weighted by Gasteiger charge is -2.11. The number of rotatable bonds is 8. The van der Waals surface area contributed by atoms with Gasteiger partial charge in [0.15, 0.2) is 0 Å². The summed E-state index contributed by atoms with van der Waals surface area (Å²) in [7, 11) is 0. The summed E-state index contributed by atoms with van der Waals surface area (Å²) in [5.41, 5.74) is 1.08. The summed E-state index contributed by atoms with van der Waals surface area (Å²) < 4.78 is 7.73. The largest absolute Gasteiger partial charge is 0.448 e. The first-order chi connectivity index (χ1) is 14.6. The Morgan fingerprint density at radius 1 is 1.00 bits per heavy atom. The molecule has 1 amide bonds. The van der Waals surface area contributed by atoms with E-state index in [4.69, 9.17) is 4.74 Å². The molecule has 7 nitrogen and oxygen atoms in total. The summed E-state index contributed by atoms with van der Waals surface area (Å²) in [6.45, 7) is 4.70. The van der Waals surface area contributed by atoms with E-state index in [1.165, 1.54) is 9.36 Å². The Morgan fingerprint density at radius 3 is 2.47 bits per heavy atom.